The molecule has 0 radical (unpaired) electrons. The van der Waals surface area contributed by atoms with Crippen LogP contribution in [-0.4, -0.2) is 52.3 Å². The molecule has 1 aromatic rings. The van der Waals surface area contributed by atoms with E-state index in [-0.39, 0.29) is 30.2 Å². The SMILES string of the molecule is COC[C@@H](C)NC(=O)[C@H]1CC(=O)N(c2ccc(OC)cc2OC)C1. The molecule has 0 saturated carbocycles. The smallest absolute Gasteiger partial charge is 0.227 e. The van der Waals surface area contributed by atoms with Gasteiger partial charge in [-0.3, -0.25) is 9.59 Å². The molecule has 7 heteroatoms. The highest BCUT2D eigenvalue weighted by molar-refractivity contribution is 6.01. The third-order valence-corrected chi connectivity index (χ3v) is 3.98. The lowest BCUT2D eigenvalue weighted by Gasteiger charge is -2.20. The lowest BCUT2D eigenvalue weighted by atomic mass is 10.1. The van der Waals surface area contributed by atoms with Crippen LogP contribution in [0.15, 0.2) is 18.2 Å². The van der Waals surface area contributed by atoms with E-state index in [9.17, 15) is 9.59 Å². The molecule has 1 aromatic carbocycles. The van der Waals surface area contributed by atoms with Crippen molar-refractivity contribution in [3.8, 4) is 11.5 Å². The third kappa shape index (κ3) is 3.97. The average Bonchev–Trinajstić information content (AvgIpc) is 2.96. The summed E-state index contributed by atoms with van der Waals surface area (Å²) in [5.41, 5.74) is 0.642. The van der Waals surface area contributed by atoms with Crippen molar-refractivity contribution < 1.29 is 23.8 Å². The molecular formula is C17H24N2O5. The molecule has 1 aliphatic rings. The van der Waals surface area contributed by atoms with Gasteiger partial charge in [0.05, 0.1) is 32.4 Å². The molecular weight excluding hydrogens is 312 g/mol. The van der Waals surface area contributed by atoms with E-state index in [4.69, 9.17) is 14.2 Å². The largest absolute Gasteiger partial charge is 0.497 e. The number of nitrogens with zero attached hydrogens (tertiary/aromatic N) is 1. The van der Waals surface area contributed by atoms with Crippen LogP contribution in [0.1, 0.15) is 13.3 Å². The molecule has 1 saturated heterocycles. The Kier molecular flexibility index (Phi) is 6.03. The Morgan fingerprint density at radius 3 is 2.71 bits per heavy atom. The number of ether oxygens (including phenoxy) is 3. The molecule has 1 heterocycles. The lowest BCUT2D eigenvalue weighted by Crippen LogP contribution is -2.40. The number of benzene rings is 1. The van der Waals surface area contributed by atoms with Crippen molar-refractivity contribution in [3.05, 3.63) is 18.2 Å². The van der Waals surface area contributed by atoms with Crippen LogP contribution < -0.4 is 19.7 Å². The summed E-state index contributed by atoms with van der Waals surface area (Å²) in [6.07, 6.45) is 0.181. The van der Waals surface area contributed by atoms with Crippen LogP contribution in [0.3, 0.4) is 0 Å². The molecule has 0 bridgehead atoms. The fraction of sp³-hybridized carbons (Fsp3) is 0.529. The van der Waals surface area contributed by atoms with E-state index in [1.54, 1.807) is 37.3 Å². The summed E-state index contributed by atoms with van der Waals surface area (Å²) >= 11 is 0. The molecule has 7 nitrogen and oxygen atoms in total. The van der Waals surface area contributed by atoms with E-state index < -0.39 is 0 Å². The summed E-state index contributed by atoms with van der Waals surface area (Å²) in [6, 6.07) is 5.15. The predicted octanol–water partition coefficient (Wildman–Crippen LogP) is 1.21. The molecule has 0 aromatic heterocycles. The highest BCUT2D eigenvalue weighted by atomic mass is 16.5. The zero-order chi connectivity index (χ0) is 17.7. The molecule has 0 unspecified atom stereocenters. The monoisotopic (exact) mass is 336 g/mol. The highest BCUT2D eigenvalue weighted by Crippen LogP contribution is 2.35. The second-order valence-electron chi connectivity index (χ2n) is 5.81. The molecule has 0 aliphatic carbocycles. The summed E-state index contributed by atoms with van der Waals surface area (Å²) in [5.74, 6) is 0.561. The second-order valence-corrected chi connectivity index (χ2v) is 5.81. The minimum atomic E-state index is -0.386. The maximum absolute atomic E-state index is 12.4. The zero-order valence-corrected chi connectivity index (χ0v) is 14.5. The van der Waals surface area contributed by atoms with Crippen LogP contribution in [0, 0.1) is 5.92 Å². The van der Waals surface area contributed by atoms with Gasteiger partial charge in [-0.25, -0.2) is 0 Å². The van der Waals surface area contributed by atoms with Gasteiger partial charge in [0.2, 0.25) is 11.8 Å². The van der Waals surface area contributed by atoms with Gasteiger partial charge in [0, 0.05) is 32.2 Å². The topological polar surface area (TPSA) is 77.1 Å². The minimum absolute atomic E-state index is 0.0952. The molecule has 2 amide bonds. The van der Waals surface area contributed by atoms with Gasteiger partial charge < -0.3 is 24.4 Å². The first-order valence-electron chi connectivity index (χ1n) is 7.81. The summed E-state index contributed by atoms with van der Waals surface area (Å²) in [6.45, 7) is 2.62. The number of rotatable bonds is 7. The molecule has 24 heavy (non-hydrogen) atoms. The quantitative estimate of drug-likeness (QED) is 0.810. The molecule has 0 spiro atoms. The number of carbonyl (C=O) groups is 2. The summed E-state index contributed by atoms with van der Waals surface area (Å²) in [5, 5.41) is 2.87. The fourth-order valence-electron chi connectivity index (χ4n) is 2.78. The number of hydrogen-bond donors (Lipinski definition) is 1. The molecule has 1 fully saturated rings. The van der Waals surface area contributed by atoms with Crippen molar-refractivity contribution in [2.24, 2.45) is 5.92 Å². The Morgan fingerprint density at radius 2 is 2.08 bits per heavy atom. The van der Waals surface area contributed by atoms with Crippen molar-refractivity contribution in [1.29, 1.82) is 0 Å². The zero-order valence-electron chi connectivity index (χ0n) is 14.5. The van der Waals surface area contributed by atoms with E-state index in [0.29, 0.717) is 30.3 Å². The van der Waals surface area contributed by atoms with Gasteiger partial charge in [0.1, 0.15) is 11.5 Å². The normalized spacial score (nSPS) is 18.4. The Balaban J connectivity index is 2.11. The van der Waals surface area contributed by atoms with E-state index in [1.165, 1.54) is 7.11 Å². The number of nitrogens with one attached hydrogen (secondary N) is 1. The van der Waals surface area contributed by atoms with Crippen molar-refractivity contribution >= 4 is 17.5 Å². The van der Waals surface area contributed by atoms with Crippen LogP contribution in [-0.2, 0) is 14.3 Å². The summed E-state index contributed by atoms with van der Waals surface area (Å²) < 4.78 is 15.5. The maximum atomic E-state index is 12.4. The Bertz CT molecular complexity index is 605. The molecule has 2 atom stereocenters. The van der Waals surface area contributed by atoms with Gasteiger partial charge in [-0.05, 0) is 19.1 Å². The minimum Gasteiger partial charge on any atom is -0.497 e. The lowest BCUT2D eigenvalue weighted by molar-refractivity contribution is -0.127. The van der Waals surface area contributed by atoms with Crippen molar-refractivity contribution in [3.63, 3.8) is 0 Å². The highest BCUT2D eigenvalue weighted by Gasteiger charge is 2.36. The van der Waals surface area contributed by atoms with Crippen LogP contribution in [0.5, 0.6) is 11.5 Å². The van der Waals surface area contributed by atoms with Gasteiger partial charge in [-0.1, -0.05) is 0 Å². The first kappa shape index (κ1) is 18.1. The fourth-order valence-corrected chi connectivity index (χ4v) is 2.78. The summed E-state index contributed by atoms with van der Waals surface area (Å²) in [7, 11) is 4.69. The number of anilines is 1. The van der Waals surface area contributed by atoms with Gasteiger partial charge in [0.25, 0.3) is 0 Å². The molecule has 1 aliphatic heterocycles. The molecule has 1 N–H and O–H groups in total. The van der Waals surface area contributed by atoms with Gasteiger partial charge in [0.15, 0.2) is 0 Å². The maximum Gasteiger partial charge on any atom is 0.227 e. The van der Waals surface area contributed by atoms with Crippen molar-refractivity contribution in [2.75, 3.05) is 39.4 Å². The van der Waals surface area contributed by atoms with Crippen LogP contribution in [0.4, 0.5) is 5.69 Å². The number of methoxy groups -OCH3 is 3. The first-order valence-corrected chi connectivity index (χ1v) is 7.81. The Morgan fingerprint density at radius 1 is 1.33 bits per heavy atom. The van der Waals surface area contributed by atoms with Gasteiger partial charge in [-0.2, -0.15) is 0 Å². The summed E-state index contributed by atoms with van der Waals surface area (Å²) in [4.78, 5) is 26.3. The van der Waals surface area contributed by atoms with E-state index >= 15 is 0 Å². The van der Waals surface area contributed by atoms with Crippen LogP contribution in [0.25, 0.3) is 0 Å². The standard InChI is InChI=1S/C17H24N2O5/c1-11(10-22-2)18-17(21)12-7-16(20)19(9-12)14-6-5-13(23-3)8-15(14)24-4/h5-6,8,11-12H,7,9-10H2,1-4H3,(H,18,21)/t11-,12+/m1/s1. The van der Waals surface area contributed by atoms with Crippen molar-refractivity contribution in [2.45, 2.75) is 19.4 Å². The van der Waals surface area contributed by atoms with Gasteiger partial charge >= 0.3 is 0 Å². The van der Waals surface area contributed by atoms with E-state index in [1.807, 2.05) is 6.92 Å². The van der Waals surface area contributed by atoms with Crippen LogP contribution >= 0.6 is 0 Å². The Hall–Kier alpha value is -2.28. The predicted molar refractivity (Wildman–Crippen MR) is 89.5 cm³/mol. The second kappa shape index (κ2) is 8.01. The Labute approximate surface area is 141 Å². The third-order valence-electron chi connectivity index (χ3n) is 3.98. The number of amides is 2. The molecule has 2 rings (SSSR count). The first-order chi connectivity index (χ1) is 11.5. The average molecular weight is 336 g/mol. The van der Waals surface area contributed by atoms with Crippen LogP contribution in [0.2, 0.25) is 0 Å². The van der Waals surface area contributed by atoms with E-state index in [2.05, 4.69) is 5.32 Å². The number of carbonyl (C=O) groups excluding carboxylic acids is 2. The van der Waals surface area contributed by atoms with E-state index in [0.717, 1.165) is 0 Å². The molecule has 132 valence electrons. The number of hydrogen-bond acceptors (Lipinski definition) is 5. The van der Waals surface area contributed by atoms with Crippen molar-refractivity contribution in [1.82, 2.24) is 5.32 Å². The van der Waals surface area contributed by atoms with Gasteiger partial charge in [-0.15, -0.1) is 0 Å².